The molecule has 1 saturated heterocycles. The van der Waals surface area contributed by atoms with E-state index in [-0.39, 0.29) is 0 Å². The Hall–Kier alpha value is -1.55. The molecule has 0 radical (unpaired) electrons. The van der Waals surface area contributed by atoms with Crippen LogP contribution in [0.2, 0.25) is 0 Å². The summed E-state index contributed by atoms with van der Waals surface area (Å²) in [5, 5.41) is 0. The molecule has 0 N–H and O–H groups in total. The molecule has 0 spiro atoms. The zero-order valence-electron chi connectivity index (χ0n) is 12.5. The van der Waals surface area contributed by atoms with Crippen LogP contribution in [0.5, 0.6) is 0 Å². The number of rotatable bonds is 2. The molecule has 0 saturated carbocycles. The van der Waals surface area contributed by atoms with E-state index in [1.54, 1.807) is 0 Å². The lowest BCUT2D eigenvalue weighted by Crippen LogP contribution is -2.47. The third kappa shape index (κ3) is 3.05. The maximum absolute atomic E-state index is 4.54. The van der Waals surface area contributed by atoms with E-state index in [0.717, 1.165) is 36.5 Å². The lowest BCUT2D eigenvalue weighted by atomic mass is 10.2. The van der Waals surface area contributed by atoms with Crippen LogP contribution in [0.3, 0.4) is 0 Å². The van der Waals surface area contributed by atoms with Crippen LogP contribution in [0.25, 0.3) is 0 Å². The van der Waals surface area contributed by atoms with E-state index < -0.39 is 0 Å². The van der Waals surface area contributed by atoms with Gasteiger partial charge in [-0.05, 0) is 59.1 Å². The number of anilines is 2. The Morgan fingerprint density at radius 1 is 1.00 bits per heavy atom. The van der Waals surface area contributed by atoms with E-state index in [4.69, 9.17) is 0 Å². The highest BCUT2D eigenvalue weighted by molar-refractivity contribution is 9.10. The summed E-state index contributed by atoms with van der Waals surface area (Å²) in [6.45, 7) is 8.33. The van der Waals surface area contributed by atoms with Crippen LogP contribution in [0.15, 0.2) is 41.0 Å². The van der Waals surface area contributed by atoms with Crippen molar-refractivity contribution in [2.24, 2.45) is 0 Å². The van der Waals surface area contributed by atoms with Gasteiger partial charge in [-0.2, -0.15) is 0 Å². The summed E-state index contributed by atoms with van der Waals surface area (Å²) >= 11 is 3.67. The predicted octanol–water partition coefficient (Wildman–Crippen LogP) is 3.79. The van der Waals surface area contributed by atoms with Crippen LogP contribution >= 0.6 is 15.9 Å². The van der Waals surface area contributed by atoms with Crippen molar-refractivity contribution in [3.8, 4) is 0 Å². The first kappa shape index (κ1) is 14.4. The fraction of sp³-hybridized carbons (Fsp3) is 0.353. The second-order valence-corrected chi connectivity index (χ2v) is 6.37. The minimum atomic E-state index is 1.00. The quantitative estimate of drug-likeness (QED) is 0.825. The largest absolute Gasteiger partial charge is 0.368 e. The maximum Gasteiger partial charge on any atom is 0.143 e. The number of aryl methyl sites for hydroxylation is 2. The zero-order chi connectivity index (χ0) is 14.8. The number of pyridine rings is 1. The predicted molar refractivity (Wildman–Crippen MR) is 92.3 cm³/mol. The zero-order valence-corrected chi connectivity index (χ0v) is 14.1. The highest BCUT2D eigenvalue weighted by atomic mass is 79.9. The summed E-state index contributed by atoms with van der Waals surface area (Å²) < 4.78 is 1.12. The van der Waals surface area contributed by atoms with Crippen LogP contribution in [-0.4, -0.2) is 31.2 Å². The summed E-state index contributed by atoms with van der Waals surface area (Å²) in [6.07, 6.45) is 1.89. The van der Waals surface area contributed by atoms with Gasteiger partial charge in [-0.15, -0.1) is 0 Å². The third-order valence-electron chi connectivity index (χ3n) is 4.01. The molecule has 0 aliphatic carbocycles. The van der Waals surface area contributed by atoms with Crippen molar-refractivity contribution < 1.29 is 0 Å². The highest BCUT2D eigenvalue weighted by Crippen LogP contribution is 2.28. The number of halogens is 1. The van der Waals surface area contributed by atoms with Crippen molar-refractivity contribution in [1.82, 2.24) is 4.98 Å². The molecule has 0 bridgehead atoms. The van der Waals surface area contributed by atoms with Crippen LogP contribution in [0.1, 0.15) is 11.1 Å². The molecule has 1 aromatic carbocycles. The Morgan fingerprint density at radius 3 is 2.43 bits per heavy atom. The lowest BCUT2D eigenvalue weighted by molar-refractivity contribution is 0.646. The van der Waals surface area contributed by atoms with Crippen molar-refractivity contribution in [2.45, 2.75) is 13.8 Å². The highest BCUT2D eigenvalue weighted by Gasteiger charge is 2.20. The number of hydrogen-bond donors (Lipinski definition) is 0. The molecule has 1 aromatic heterocycles. The van der Waals surface area contributed by atoms with Crippen molar-refractivity contribution in [3.05, 3.63) is 52.1 Å². The number of aromatic nitrogens is 1. The van der Waals surface area contributed by atoms with Gasteiger partial charge in [-0.1, -0.05) is 12.1 Å². The first-order valence-electron chi connectivity index (χ1n) is 7.33. The van der Waals surface area contributed by atoms with Crippen molar-refractivity contribution in [3.63, 3.8) is 0 Å². The molecule has 0 amide bonds. The van der Waals surface area contributed by atoms with E-state index in [2.05, 4.69) is 68.8 Å². The molecule has 2 heterocycles. The third-order valence-corrected chi connectivity index (χ3v) is 4.99. The van der Waals surface area contributed by atoms with Gasteiger partial charge in [0.05, 0.1) is 4.47 Å². The van der Waals surface area contributed by atoms with Gasteiger partial charge in [0.2, 0.25) is 0 Å². The van der Waals surface area contributed by atoms with Gasteiger partial charge >= 0.3 is 0 Å². The molecule has 4 heteroatoms. The molecule has 110 valence electrons. The van der Waals surface area contributed by atoms with Crippen LogP contribution in [0.4, 0.5) is 11.5 Å². The second-order valence-electron chi connectivity index (χ2n) is 5.58. The van der Waals surface area contributed by atoms with Gasteiger partial charge in [-0.25, -0.2) is 4.98 Å². The van der Waals surface area contributed by atoms with Crippen LogP contribution < -0.4 is 9.80 Å². The number of benzene rings is 1. The van der Waals surface area contributed by atoms with Crippen molar-refractivity contribution in [2.75, 3.05) is 36.0 Å². The molecule has 0 unspecified atom stereocenters. The van der Waals surface area contributed by atoms with E-state index in [1.165, 1.54) is 16.8 Å². The number of piperazine rings is 1. The Morgan fingerprint density at radius 2 is 1.71 bits per heavy atom. The topological polar surface area (TPSA) is 19.4 Å². The minimum absolute atomic E-state index is 1.00. The number of hydrogen-bond acceptors (Lipinski definition) is 3. The lowest BCUT2D eigenvalue weighted by Gasteiger charge is -2.37. The Kier molecular flexibility index (Phi) is 4.15. The second kappa shape index (κ2) is 6.06. The summed E-state index contributed by atoms with van der Waals surface area (Å²) in [5.41, 5.74) is 3.88. The smallest absolute Gasteiger partial charge is 0.143 e. The van der Waals surface area contributed by atoms with Gasteiger partial charge < -0.3 is 9.80 Å². The summed E-state index contributed by atoms with van der Waals surface area (Å²) in [6, 6.07) is 10.8. The van der Waals surface area contributed by atoms with E-state index in [9.17, 15) is 0 Å². The van der Waals surface area contributed by atoms with Gasteiger partial charge in [0.15, 0.2) is 0 Å². The first-order valence-corrected chi connectivity index (χ1v) is 8.12. The fourth-order valence-electron chi connectivity index (χ4n) is 2.75. The van der Waals surface area contributed by atoms with E-state index >= 15 is 0 Å². The maximum atomic E-state index is 4.54. The SMILES string of the molecule is Cc1cccc(N2CCN(c3nccc(C)c3Br)CC2)c1. The van der Waals surface area contributed by atoms with Gasteiger partial charge in [0.1, 0.15) is 5.82 Å². The normalized spacial score (nSPS) is 15.4. The summed E-state index contributed by atoms with van der Waals surface area (Å²) in [7, 11) is 0. The summed E-state index contributed by atoms with van der Waals surface area (Å²) in [5.74, 6) is 1.07. The fourth-order valence-corrected chi connectivity index (χ4v) is 3.23. The molecule has 1 fully saturated rings. The standard InChI is InChI=1S/C17H20BrN3/c1-13-4-3-5-15(12-13)20-8-10-21(11-9-20)17-16(18)14(2)6-7-19-17/h3-7,12H,8-11H2,1-2H3. The Bertz CT molecular complexity index is 634. The van der Waals surface area contributed by atoms with Gasteiger partial charge in [0, 0.05) is 38.1 Å². The molecule has 21 heavy (non-hydrogen) atoms. The summed E-state index contributed by atoms with van der Waals surface area (Å²) in [4.78, 5) is 9.35. The van der Waals surface area contributed by atoms with Gasteiger partial charge in [-0.3, -0.25) is 0 Å². The molecule has 2 aromatic rings. The molecule has 1 aliphatic heterocycles. The molecule has 3 rings (SSSR count). The average Bonchev–Trinajstić information content (AvgIpc) is 2.50. The minimum Gasteiger partial charge on any atom is -0.368 e. The molecular formula is C17H20BrN3. The van der Waals surface area contributed by atoms with E-state index in [0.29, 0.717) is 0 Å². The molecular weight excluding hydrogens is 326 g/mol. The van der Waals surface area contributed by atoms with E-state index in [1.807, 2.05) is 12.3 Å². The molecule has 3 nitrogen and oxygen atoms in total. The Labute approximate surface area is 134 Å². The average molecular weight is 346 g/mol. The number of nitrogens with zero attached hydrogens (tertiary/aromatic N) is 3. The Balaban J connectivity index is 1.72. The molecule has 0 atom stereocenters. The molecule has 1 aliphatic rings. The van der Waals surface area contributed by atoms with Crippen molar-refractivity contribution >= 4 is 27.4 Å². The van der Waals surface area contributed by atoms with Crippen LogP contribution in [-0.2, 0) is 0 Å². The van der Waals surface area contributed by atoms with Crippen LogP contribution in [0, 0.1) is 13.8 Å². The van der Waals surface area contributed by atoms with Gasteiger partial charge in [0.25, 0.3) is 0 Å². The first-order chi connectivity index (χ1) is 10.1. The monoisotopic (exact) mass is 345 g/mol. The van der Waals surface area contributed by atoms with Crippen molar-refractivity contribution in [1.29, 1.82) is 0 Å².